The number of carbonyl (C=O) groups excluding carboxylic acids is 2. The number of aromatic amines is 1. The first-order valence-electron chi connectivity index (χ1n) is 9.70. The van der Waals surface area contributed by atoms with Gasteiger partial charge in [0, 0.05) is 11.3 Å². The molecule has 1 heterocycles. The molecule has 0 spiro atoms. The molecule has 6 heteroatoms. The Kier molecular flexibility index (Phi) is 6.79. The molecule has 0 aliphatic carbocycles. The van der Waals surface area contributed by atoms with Crippen molar-refractivity contribution in [1.29, 1.82) is 0 Å². The quantitative estimate of drug-likeness (QED) is 0.581. The molecule has 0 saturated heterocycles. The zero-order chi connectivity index (χ0) is 20.6. The van der Waals surface area contributed by atoms with Crippen molar-refractivity contribution < 1.29 is 19.1 Å². The standard InChI is InChI=1S/C23H24N2O4/c1-3-28-22(26)18-13-9-8-10-16(18)14-15-19-20(17-11-6-5-7-12-17)21(25-24-19)23(27)29-4-2/h5-13H,3-4,14-15H2,1-2H3,(H,24,25). The summed E-state index contributed by atoms with van der Waals surface area (Å²) in [6.45, 7) is 4.16. The van der Waals surface area contributed by atoms with E-state index in [9.17, 15) is 9.59 Å². The van der Waals surface area contributed by atoms with Crippen LogP contribution in [-0.2, 0) is 22.3 Å². The van der Waals surface area contributed by atoms with Crippen molar-refractivity contribution >= 4 is 11.9 Å². The maximum absolute atomic E-state index is 12.4. The molecule has 1 aromatic heterocycles. The van der Waals surface area contributed by atoms with Crippen LogP contribution < -0.4 is 0 Å². The number of hydrogen-bond acceptors (Lipinski definition) is 5. The van der Waals surface area contributed by atoms with Crippen LogP contribution in [0.2, 0.25) is 0 Å². The van der Waals surface area contributed by atoms with E-state index in [0.717, 1.165) is 22.4 Å². The van der Waals surface area contributed by atoms with Gasteiger partial charge < -0.3 is 9.47 Å². The molecule has 0 radical (unpaired) electrons. The Morgan fingerprint density at radius 1 is 0.862 bits per heavy atom. The predicted molar refractivity (Wildman–Crippen MR) is 110 cm³/mol. The maximum atomic E-state index is 12.4. The first-order chi connectivity index (χ1) is 14.2. The van der Waals surface area contributed by atoms with Crippen LogP contribution >= 0.6 is 0 Å². The fraction of sp³-hybridized carbons (Fsp3) is 0.261. The third kappa shape index (κ3) is 4.71. The molecule has 2 aromatic carbocycles. The summed E-state index contributed by atoms with van der Waals surface area (Å²) in [4.78, 5) is 24.6. The highest BCUT2D eigenvalue weighted by Crippen LogP contribution is 2.28. The Bertz CT molecular complexity index is 980. The molecule has 0 saturated carbocycles. The average molecular weight is 392 g/mol. The molecule has 0 atom stereocenters. The van der Waals surface area contributed by atoms with Gasteiger partial charge in [-0.3, -0.25) is 5.10 Å². The van der Waals surface area contributed by atoms with Gasteiger partial charge in [-0.05, 0) is 43.9 Å². The molecular weight excluding hydrogens is 368 g/mol. The highest BCUT2D eigenvalue weighted by atomic mass is 16.5. The molecule has 0 aliphatic rings. The molecule has 150 valence electrons. The van der Waals surface area contributed by atoms with Gasteiger partial charge >= 0.3 is 11.9 Å². The van der Waals surface area contributed by atoms with E-state index in [0.29, 0.717) is 25.0 Å². The monoisotopic (exact) mass is 392 g/mol. The number of H-pyrrole nitrogens is 1. The second-order valence-electron chi connectivity index (χ2n) is 6.39. The number of esters is 2. The molecule has 0 fully saturated rings. The zero-order valence-corrected chi connectivity index (χ0v) is 16.6. The number of benzene rings is 2. The summed E-state index contributed by atoms with van der Waals surface area (Å²) in [5.74, 6) is -0.788. The molecule has 6 nitrogen and oxygen atoms in total. The largest absolute Gasteiger partial charge is 0.462 e. The summed E-state index contributed by atoms with van der Waals surface area (Å²) in [6.07, 6.45) is 1.17. The molecule has 0 aliphatic heterocycles. The zero-order valence-electron chi connectivity index (χ0n) is 16.6. The topological polar surface area (TPSA) is 81.3 Å². The van der Waals surface area contributed by atoms with E-state index in [1.807, 2.05) is 48.5 Å². The Hall–Kier alpha value is -3.41. The van der Waals surface area contributed by atoms with Crippen LogP contribution in [0.15, 0.2) is 54.6 Å². The number of carbonyl (C=O) groups is 2. The van der Waals surface area contributed by atoms with Crippen LogP contribution in [0.25, 0.3) is 11.1 Å². The molecular formula is C23H24N2O4. The molecule has 29 heavy (non-hydrogen) atoms. The first-order valence-corrected chi connectivity index (χ1v) is 9.70. The molecule has 0 amide bonds. The maximum Gasteiger partial charge on any atom is 0.359 e. The minimum absolute atomic E-state index is 0.270. The van der Waals surface area contributed by atoms with E-state index in [1.54, 1.807) is 19.9 Å². The van der Waals surface area contributed by atoms with E-state index in [4.69, 9.17) is 9.47 Å². The molecule has 1 N–H and O–H groups in total. The average Bonchev–Trinajstić information content (AvgIpc) is 3.17. The van der Waals surface area contributed by atoms with E-state index < -0.39 is 5.97 Å². The molecule has 0 unspecified atom stereocenters. The van der Waals surface area contributed by atoms with Gasteiger partial charge in [-0.2, -0.15) is 5.10 Å². The molecule has 3 rings (SSSR count). The summed E-state index contributed by atoms with van der Waals surface area (Å²) >= 11 is 0. The smallest absolute Gasteiger partial charge is 0.359 e. The van der Waals surface area contributed by atoms with Crippen LogP contribution in [0, 0.1) is 0 Å². The van der Waals surface area contributed by atoms with Crippen LogP contribution in [0.3, 0.4) is 0 Å². The van der Waals surface area contributed by atoms with Gasteiger partial charge in [-0.25, -0.2) is 9.59 Å². The molecule has 3 aromatic rings. The Morgan fingerprint density at radius 2 is 1.52 bits per heavy atom. The van der Waals surface area contributed by atoms with Gasteiger partial charge in [-0.15, -0.1) is 0 Å². The van der Waals surface area contributed by atoms with Crippen molar-refractivity contribution in [2.45, 2.75) is 26.7 Å². The number of rotatable bonds is 8. The first kappa shape index (κ1) is 20.3. The fourth-order valence-electron chi connectivity index (χ4n) is 3.23. The minimum atomic E-state index is -0.458. The second kappa shape index (κ2) is 9.68. The van der Waals surface area contributed by atoms with Crippen LogP contribution in [0.4, 0.5) is 0 Å². The van der Waals surface area contributed by atoms with Crippen molar-refractivity contribution in [3.8, 4) is 11.1 Å². The second-order valence-corrected chi connectivity index (χ2v) is 6.39. The van der Waals surface area contributed by atoms with Crippen LogP contribution in [-0.4, -0.2) is 35.3 Å². The van der Waals surface area contributed by atoms with Crippen LogP contribution in [0.1, 0.15) is 46.0 Å². The lowest BCUT2D eigenvalue weighted by Crippen LogP contribution is -2.09. The van der Waals surface area contributed by atoms with E-state index >= 15 is 0 Å². The summed E-state index contributed by atoms with van der Waals surface area (Å²) in [6, 6.07) is 17.0. The van der Waals surface area contributed by atoms with Gasteiger partial charge in [0.15, 0.2) is 5.69 Å². The fourth-order valence-corrected chi connectivity index (χ4v) is 3.23. The van der Waals surface area contributed by atoms with Crippen molar-refractivity contribution in [2.75, 3.05) is 13.2 Å². The number of ether oxygens (including phenoxy) is 2. The number of nitrogens with zero attached hydrogens (tertiary/aromatic N) is 1. The van der Waals surface area contributed by atoms with Crippen molar-refractivity contribution in [3.63, 3.8) is 0 Å². The Labute approximate surface area is 169 Å². The number of aromatic nitrogens is 2. The third-order valence-corrected chi connectivity index (χ3v) is 4.53. The molecule has 0 bridgehead atoms. The number of hydrogen-bond donors (Lipinski definition) is 1. The normalized spacial score (nSPS) is 10.6. The van der Waals surface area contributed by atoms with Gasteiger partial charge in [0.25, 0.3) is 0 Å². The van der Waals surface area contributed by atoms with Gasteiger partial charge in [0.1, 0.15) is 0 Å². The SMILES string of the molecule is CCOC(=O)c1ccccc1CCc1[nH]nc(C(=O)OCC)c1-c1ccccc1. The van der Waals surface area contributed by atoms with Crippen molar-refractivity contribution in [3.05, 3.63) is 77.1 Å². The van der Waals surface area contributed by atoms with Crippen molar-refractivity contribution in [2.24, 2.45) is 0 Å². The predicted octanol–water partition coefficient (Wildman–Crippen LogP) is 4.22. The van der Waals surface area contributed by atoms with Gasteiger partial charge in [0.2, 0.25) is 0 Å². The lowest BCUT2D eigenvalue weighted by molar-refractivity contribution is 0.0513. The lowest BCUT2D eigenvalue weighted by Gasteiger charge is -2.10. The lowest BCUT2D eigenvalue weighted by atomic mass is 9.97. The van der Waals surface area contributed by atoms with E-state index in [2.05, 4.69) is 10.2 Å². The van der Waals surface area contributed by atoms with Gasteiger partial charge in [-0.1, -0.05) is 48.5 Å². The number of nitrogens with one attached hydrogen (secondary N) is 1. The highest BCUT2D eigenvalue weighted by Gasteiger charge is 2.22. The summed E-state index contributed by atoms with van der Waals surface area (Å²) < 4.78 is 10.3. The highest BCUT2D eigenvalue weighted by molar-refractivity contribution is 5.96. The third-order valence-electron chi connectivity index (χ3n) is 4.53. The minimum Gasteiger partial charge on any atom is -0.462 e. The number of aryl methyl sites for hydroxylation is 2. The van der Waals surface area contributed by atoms with E-state index in [-0.39, 0.29) is 18.3 Å². The Balaban J connectivity index is 1.91. The van der Waals surface area contributed by atoms with Gasteiger partial charge in [0.05, 0.1) is 18.8 Å². The van der Waals surface area contributed by atoms with Crippen LogP contribution in [0.5, 0.6) is 0 Å². The van der Waals surface area contributed by atoms with Crippen molar-refractivity contribution in [1.82, 2.24) is 10.2 Å². The van der Waals surface area contributed by atoms with E-state index in [1.165, 1.54) is 0 Å². The summed E-state index contributed by atoms with van der Waals surface area (Å²) in [5, 5.41) is 7.21. The Morgan fingerprint density at radius 3 is 2.24 bits per heavy atom. The summed E-state index contributed by atoms with van der Waals surface area (Å²) in [5.41, 5.74) is 4.15. The summed E-state index contributed by atoms with van der Waals surface area (Å²) in [7, 11) is 0.